The molecule has 0 bridgehead atoms. The van der Waals surface area contributed by atoms with E-state index in [1.165, 1.54) is 51.4 Å². The molecule has 2 heterocycles. The van der Waals surface area contributed by atoms with Crippen LogP contribution < -0.4 is 5.32 Å². The summed E-state index contributed by atoms with van der Waals surface area (Å²) < 4.78 is 1.95. The molecule has 2 N–H and O–H groups in total. The number of nitrogens with zero attached hydrogens (tertiary/aromatic N) is 1. The highest BCUT2D eigenvalue weighted by atomic mass is 16.3. The van der Waals surface area contributed by atoms with Crippen LogP contribution in [0.4, 0.5) is 5.69 Å². The van der Waals surface area contributed by atoms with Gasteiger partial charge in [0.2, 0.25) is 5.78 Å². The van der Waals surface area contributed by atoms with Crippen LogP contribution in [0, 0.1) is 11.8 Å². The number of fused-ring (bicyclic) bond motifs is 1. The van der Waals surface area contributed by atoms with Crippen molar-refractivity contribution >= 4 is 22.9 Å². The minimum Gasteiger partial charge on any atom is -0.506 e. The van der Waals surface area contributed by atoms with Gasteiger partial charge < -0.3 is 14.8 Å². The van der Waals surface area contributed by atoms with Crippen molar-refractivity contribution in [1.29, 1.82) is 0 Å². The van der Waals surface area contributed by atoms with Gasteiger partial charge >= 0.3 is 0 Å². The fraction of sp³-hybridized carbons (Fsp3) is 0.583. The number of rotatable bonds is 9. The fourth-order valence-corrected chi connectivity index (χ4v) is 4.62. The van der Waals surface area contributed by atoms with E-state index in [1.54, 1.807) is 19.1 Å². The molecular weight excluding hydrogens is 364 g/mol. The van der Waals surface area contributed by atoms with E-state index >= 15 is 0 Å². The van der Waals surface area contributed by atoms with E-state index in [-0.39, 0.29) is 12.2 Å². The number of aromatic nitrogens is 1. The molecule has 5 heteroatoms. The number of aromatic hydroxyl groups is 1. The van der Waals surface area contributed by atoms with Gasteiger partial charge in [0, 0.05) is 18.3 Å². The highest BCUT2D eigenvalue weighted by Crippen LogP contribution is 2.36. The number of pyridine rings is 1. The third kappa shape index (κ3) is 5.20. The van der Waals surface area contributed by atoms with Crippen LogP contribution in [-0.4, -0.2) is 21.2 Å². The van der Waals surface area contributed by atoms with E-state index in [9.17, 15) is 14.7 Å². The van der Waals surface area contributed by atoms with Crippen LogP contribution in [0.25, 0.3) is 5.52 Å². The fourth-order valence-electron chi connectivity index (χ4n) is 4.62. The van der Waals surface area contributed by atoms with Gasteiger partial charge in [-0.05, 0) is 49.3 Å². The van der Waals surface area contributed by atoms with Gasteiger partial charge in [-0.1, -0.05) is 52.4 Å². The standard InChI is InChI=1S/C24H34N2O3/c1-3-5-6-8-17-10-12-18(13-11-17)15-19-16-20(25-24(29)21(27)4-2)23-22(28)9-7-14-26(19)23/h7,9,14,16-18,28H,3-6,8,10-13,15H2,1-2H3,(H,25,29). The van der Waals surface area contributed by atoms with Crippen LogP contribution in [0.1, 0.15) is 77.3 Å². The summed E-state index contributed by atoms with van der Waals surface area (Å²) in [7, 11) is 0. The number of carbonyl (C=O) groups is 2. The average Bonchev–Trinajstić information content (AvgIpc) is 3.07. The lowest BCUT2D eigenvalue weighted by molar-refractivity contribution is -0.134. The zero-order valence-corrected chi connectivity index (χ0v) is 17.7. The molecule has 1 fully saturated rings. The second kappa shape index (κ2) is 9.95. The number of Topliss-reactive ketones (excluding diaryl/α,β-unsaturated/α-hetero) is 1. The first-order valence-electron chi connectivity index (χ1n) is 11.2. The molecule has 158 valence electrons. The van der Waals surface area contributed by atoms with Crippen molar-refractivity contribution < 1.29 is 14.7 Å². The van der Waals surface area contributed by atoms with Gasteiger partial charge in [0.1, 0.15) is 11.3 Å². The van der Waals surface area contributed by atoms with E-state index in [0.29, 0.717) is 17.1 Å². The zero-order chi connectivity index (χ0) is 20.8. The maximum absolute atomic E-state index is 12.1. The van der Waals surface area contributed by atoms with Gasteiger partial charge in [-0.15, -0.1) is 0 Å². The number of amides is 1. The minimum atomic E-state index is -0.623. The summed E-state index contributed by atoms with van der Waals surface area (Å²) in [5.74, 6) is 0.530. The zero-order valence-electron chi connectivity index (χ0n) is 17.7. The lowest BCUT2D eigenvalue weighted by atomic mass is 9.78. The van der Waals surface area contributed by atoms with Crippen LogP contribution in [0.5, 0.6) is 5.75 Å². The highest BCUT2D eigenvalue weighted by molar-refractivity contribution is 6.40. The number of hydrogen-bond donors (Lipinski definition) is 2. The van der Waals surface area contributed by atoms with Crippen molar-refractivity contribution in [1.82, 2.24) is 4.40 Å². The summed E-state index contributed by atoms with van der Waals surface area (Å²) in [4.78, 5) is 23.8. The number of unbranched alkanes of at least 4 members (excludes halogenated alkanes) is 2. The second-order valence-electron chi connectivity index (χ2n) is 8.48. The minimum absolute atomic E-state index is 0.109. The third-order valence-corrected chi connectivity index (χ3v) is 6.35. The van der Waals surface area contributed by atoms with Crippen molar-refractivity contribution in [3.8, 4) is 5.75 Å². The maximum atomic E-state index is 12.1. The topological polar surface area (TPSA) is 70.8 Å². The van der Waals surface area contributed by atoms with Crippen molar-refractivity contribution in [2.24, 2.45) is 11.8 Å². The van der Waals surface area contributed by atoms with Crippen LogP contribution in [0.2, 0.25) is 0 Å². The smallest absolute Gasteiger partial charge is 0.291 e. The number of hydrogen-bond acceptors (Lipinski definition) is 3. The molecule has 29 heavy (non-hydrogen) atoms. The summed E-state index contributed by atoms with van der Waals surface area (Å²) in [5.41, 5.74) is 2.15. The van der Waals surface area contributed by atoms with Crippen LogP contribution in [0.15, 0.2) is 24.4 Å². The molecule has 1 amide bonds. The first-order valence-corrected chi connectivity index (χ1v) is 11.2. The van der Waals surface area contributed by atoms with Crippen molar-refractivity contribution in [2.75, 3.05) is 5.32 Å². The molecule has 2 aromatic rings. The Morgan fingerprint density at radius 2 is 1.86 bits per heavy atom. The Morgan fingerprint density at radius 1 is 1.14 bits per heavy atom. The van der Waals surface area contributed by atoms with E-state index in [2.05, 4.69) is 12.2 Å². The van der Waals surface area contributed by atoms with Crippen molar-refractivity contribution in [2.45, 2.75) is 78.1 Å². The summed E-state index contributed by atoms with van der Waals surface area (Å²) in [6, 6.07) is 5.33. The Labute approximate surface area is 173 Å². The normalized spacial score (nSPS) is 19.4. The molecule has 1 aliphatic carbocycles. The first kappa shape index (κ1) is 21.4. The average molecular weight is 399 g/mol. The molecule has 0 aliphatic heterocycles. The SMILES string of the molecule is CCCCCC1CCC(Cc2cc(NC(=O)C(=O)CC)c3c(O)cccn23)CC1. The molecule has 0 saturated heterocycles. The molecular formula is C24H34N2O3. The summed E-state index contributed by atoms with van der Waals surface area (Å²) in [6.45, 7) is 3.92. The summed E-state index contributed by atoms with van der Waals surface area (Å²) in [6.07, 6.45) is 13.4. The van der Waals surface area contributed by atoms with Crippen LogP contribution in [-0.2, 0) is 16.0 Å². The van der Waals surface area contributed by atoms with Gasteiger partial charge in [-0.2, -0.15) is 0 Å². The van der Waals surface area contributed by atoms with Gasteiger partial charge in [0.05, 0.1) is 5.69 Å². The quantitative estimate of drug-likeness (QED) is 0.433. The van der Waals surface area contributed by atoms with E-state index in [1.807, 2.05) is 16.7 Å². The Bertz CT molecular complexity index is 847. The third-order valence-electron chi connectivity index (χ3n) is 6.35. The molecule has 0 spiro atoms. The predicted molar refractivity (Wildman–Crippen MR) is 116 cm³/mol. The van der Waals surface area contributed by atoms with Gasteiger partial charge in [-0.25, -0.2) is 0 Å². The monoisotopic (exact) mass is 398 g/mol. The lowest BCUT2D eigenvalue weighted by Gasteiger charge is -2.28. The van der Waals surface area contributed by atoms with Crippen LogP contribution >= 0.6 is 0 Å². The van der Waals surface area contributed by atoms with Gasteiger partial charge in [0.15, 0.2) is 0 Å². The molecule has 1 aliphatic rings. The second-order valence-corrected chi connectivity index (χ2v) is 8.48. The summed E-state index contributed by atoms with van der Waals surface area (Å²) >= 11 is 0. The Morgan fingerprint density at radius 3 is 2.55 bits per heavy atom. The molecule has 0 atom stereocenters. The van der Waals surface area contributed by atoms with Gasteiger partial charge in [-0.3, -0.25) is 9.59 Å². The lowest BCUT2D eigenvalue weighted by Crippen LogP contribution is -2.21. The molecule has 0 radical (unpaired) electrons. The molecule has 2 aromatic heterocycles. The van der Waals surface area contributed by atoms with Crippen LogP contribution in [0.3, 0.4) is 0 Å². The number of carbonyl (C=O) groups excluding carboxylic acids is 2. The number of ketones is 1. The Hall–Kier alpha value is -2.30. The number of nitrogens with one attached hydrogen (secondary N) is 1. The molecule has 0 aromatic carbocycles. The largest absolute Gasteiger partial charge is 0.506 e. The first-order chi connectivity index (χ1) is 14.0. The van der Waals surface area contributed by atoms with E-state index in [0.717, 1.165) is 18.0 Å². The Kier molecular flexibility index (Phi) is 7.34. The molecule has 0 unspecified atom stereocenters. The number of anilines is 1. The summed E-state index contributed by atoms with van der Waals surface area (Å²) in [5, 5.41) is 13.1. The molecule has 1 saturated carbocycles. The highest BCUT2D eigenvalue weighted by Gasteiger charge is 2.24. The van der Waals surface area contributed by atoms with Crippen molar-refractivity contribution in [3.05, 3.63) is 30.1 Å². The van der Waals surface area contributed by atoms with Crippen molar-refractivity contribution in [3.63, 3.8) is 0 Å². The molecule has 3 rings (SSSR count). The van der Waals surface area contributed by atoms with E-state index < -0.39 is 11.7 Å². The van der Waals surface area contributed by atoms with Gasteiger partial charge in [0.25, 0.3) is 5.91 Å². The molecule has 5 nitrogen and oxygen atoms in total. The maximum Gasteiger partial charge on any atom is 0.291 e. The van der Waals surface area contributed by atoms with E-state index in [4.69, 9.17) is 0 Å². The predicted octanol–water partition coefficient (Wildman–Crippen LogP) is 5.49. The Balaban J connectivity index is 1.71.